The molecule has 0 amide bonds. The first-order chi connectivity index (χ1) is 7.90. The Morgan fingerprint density at radius 1 is 1.25 bits per heavy atom. The highest BCUT2D eigenvalue weighted by molar-refractivity contribution is 5.71. The Bertz CT molecular complexity index is 451. The Labute approximate surface area is 93.5 Å². The number of hydrogen-bond donors (Lipinski definition) is 0. The second-order valence-electron chi connectivity index (χ2n) is 3.34. The van der Waals surface area contributed by atoms with Crippen molar-refractivity contribution in [2.45, 2.75) is 13.3 Å². The predicted octanol–water partition coefficient (Wildman–Crippen LogP) is 1.87. The van der Waals surface area contributed by atoms with E-state index in [1.54, 1.807) is 12.3 Å². The molecule has 0 atom stereocenters. The molecule has 1 aromatic carbocycles. The van der Waals surface area contributed by atoms with Crippen LogP contribution in [0.15, 0.2) is 42.6 Å². The minimum Gasteiger partial charge on any atom is -0.355 e. The average Bonchev–Trinajstić information content (AvgIpc) is 2.78. The van der Waals surface area contributed by atoms with Gasteiger partial charge in [0, 0.05) is 6.20 Å². The molecule has 0 aliphatic carbocycles. The number of aldehydes is 1. The molecule has 0 aliphatic rings. The van der Waals surface area contributed by atoms with Crippen LogP contribution in [0.1, 0.15) is 16.1 Å². The molecule has 4 nitrogen and oxygen atoms in total. The van der Waals surface area contributed by atoms with Gasteiger partial charge in [-0.05, 0) is 11.6 Å². The van der Waals surface area contributed by atoms with Gasteiger partial charge in [-0.1, -0.05) is 30.3 Å². The van der Waals surface area contributed by atoms with Gasteiger partial charge in [0.25, 0.3) is 0 Å². The Morgan fingerprint density at radius 3 is 2.81 bits per heavy atom. The van der Waals surface area contributed by atoms with E-state index in [0.29, 0.717) is 12.3 Å². The summed E-state index contributed by atoms with van der Waals surface area (Å²) in [5, 5.41) is 3.98. The number of ether oxygens (including phenoxy) is 1. The van der Waals surface area contributed by atoms with E-state index in [2.05, 4.69) is 5.10 Å². The van der Waals surface area contributed by atoms with E-state index in [0.717, 1.165) is 11.8 Å². The first kappa shape index (κ1) is 10.6. The largest absolute Gasteiger partial charge is 0.355 e. The van der Waals surface area contributed by atoms with Crippen LogP contribution in [0.3, 0.4) is 0 Å². The maximum Gasteiger partial charge on any atom is 0.168 e. The molecule has 0 bridgehead atoms. The van der Waals surface area contributed by atoms with Gasteiger partial charge in [-0.15, -0.1) is 0 Å². The van der Waals surface area contributed by atoms with Gasteiger partial charge < -0.3 is 4.74 Å². The van der Waals surface area contributed by atoms with Gasteiger partial charge >= 0.3 is 0 Å². The van der Waals surface area contributed by atoms with Crippen molar-refractivity contribution in [1.29, 1.82) is 0 Å². The number of hydrogen-bond acceptors (Lipinski definition) is 3. The third-order valence-electron chi connectivity index (χ3n) is 2.20. The Morgan fingerprint density at radius 2 is 2.06 bits per heavy atom. The van der Waals surface area contributed by atoms with Crippen LogP contribution in [0, 0.1) is 0 Å². The molecule has 1 heterocycles. The topological polar surface area (TPSA) is 44.1 Å². The van der Waals surface area contributed by atoms with Crippen molar-refractivity contribution in [3.8, 4) is 0 Å². The molecule has 16 heavy (non-hydrogen) atoms. The van der Waals surface area contributed by atoms with Gasteiger partial charge in [0.2, 0.25) is 0 Å². The fourth-order valence-corrected chi connectivity index (χ4v) is 1.38. The summed E-state index contributed by atoms with van der Waals surface area (Å²) in [5.74, 6) is 0. The smallest absolute Gasteiger partial charge is 0.168 e. The van der Waals surface area contributed by atoms with Crippen molar-refractivity contribution in [3.05, 3.63) is 53.9 Å². The lowest BCUT2D eigenvalue weighted by molar-refractivity contribution is 0.0542. The van der Waals surface area contributed by atoms with Crippen LogP contribution in [0.5, 0.6) is 0 Å². The molecular formula is C12H12N2O2. The van der Waals surface area contributed by atoms with E-state index in [-0.39, 0.29) is 6.73 Å². The molecule has 0 N–H and O–H groups in total. The highest BCUT2D eigenvalue weighted by Gasteiger charge is 2.00. The second kappa shape index (κ2) is 5.23. The fourth-order valence-electron chi connectivity index (χ4n) is 1.38. The lowest BCUT2D eigenvalue weighted by Gasteiger charge is -2.05. The van der Waals surface area contributed by atoms with E-state index < -0.39 is 0 Å². The summed E-state index contributed by atoms with van der Waals surface area (Å²) in [6, 6.07) is 11.5. The van der Waals surface area contributed by atoms with E-state index in [9.17, 15) is 4.79 Å². The summed E-state index contributed by atoms with van der Waals surface area (Å²) in [6.07, 6.45) is 2.34. The normalized spacial score (nSPS) is 10.2. The van der Waals surface area contributed by atoms with Crippen LogP contribution >= 0.6 is 0 Å². The first-order valence-electron chi connectivity index (χ1n) is 4.99. The third-order valence-corrected chi connectivity index (χ3v) is 2.20. The number of benzene rings is 1. The van der Waals surface area contributed by atoms with Gasteiger partial charge in [0.1, 0.15) is 12.4 Å². The SMILES string of the molecule is O=Cc1ccnn1COCc1ccccc1. The highest BCUT2D eigenvalue weighted by Crippen LogP contribution is 2.02. The fraction of sp³-hybridized carbons (Fsp3) is 0.167. The zero-order valence-corrected chi connectivity index (χ0v) is 8.74. The Balaban J connectivity index is 1.87. The highest BCUT2D eigenvalue weighted by atomic mass is 16.5. The summed E-state index contributed by atoms with van der Waals surface area (Å²) in [4.78, 5) is 10.6. The number of nitrogens with zero attached hydrogens (tertiary/aromatic N) is 2. The van der Waals surface area contributed by atoms with Crippen LogP contribution in [0.4, 0.5) is 0 Å². The average molecular weight is 216 g/mol. The zero-order valence-electron chi connectivity index (χ0n) is 8.74. The van der Waals surface area contributed by atoms with Gasteiger partial charge in [-0.25, -0.2) is 4.68 Å². The molecule has 0 unspecified atom stereocenters. The Kier molecular flexibility index (Phi) is 3.46. The maximum atomic E-state index is 10.6. The van der Waals surface area contributed by atoms with Crippen LogP contribution in [0.25, 0.3) is 0 Å². The number of aromatic nitrogens is 2. The van der Waals surface area contributed by atoms with E-state index in [4.69, 9.17) is 4.74 Å². The van der Waals surface area contributed by atoms with Crippen molar-refractivity contribution in [2.24, 2.45) is 0 Å². The van der Waals surface area contributed by atoms with Gasteiger partial charge in [-0.2, -0.15) is 5.10 Å². The monoisotopic (exact) mass is 216 g/mol. The summed E-state index contributed by atoms with van der Waals surface area (Å²) < 4.78 is 6.97. The molecule has 0 saturated heterocycles. The van der Waals surface area contributed by atoms with Crippen molar-refractivity contribution < 1.29 is 9.53 Å². The number of carbonyl (C=O) groups is 1. The van der Waals surface area contributed by atoms with Crippen molar-refractivity contribution in [1.82, 2.24) is 9.78 Å². The summed E-state index contributed by atoms with van der Waals surface area (Å²) in [5.41, 5.74) is 1.62. The Hall–Kier alpha value is -1.94. The number of carbonyl (C=O) groups excluding carboxylic acids is 1. The van der Waals surface area contributed by atoms with Gasteiger partial charge in [0.15, 0.2) is 6.29 Å². The molecule has 0 fully saturated rings. The van der Waals surface area contributed by atoms with Crippen LogP contribution < -0.4 is 0 Å². The predicted molar refractivity (Wildman–Crippen MR) is 58.8 cm³/mol. The van der Waals surface area contributed by atoms with Crippen LogP contribution in [-0.2, 0) is 18.1 Å². The second-order valence-corrected chi connectivity index (χ2v) is 3.34. The number of rotatable bonds is 5. The molecule has 4 heteroatoms. The molecule has 0 saturated carbocycles. The molecule has 0 spiro atoms. The van der Waals surface area contributed by atoms with Crippen molar-refractivity contribution >= 4 is 6.29 Å². The first-order valence-corrected chi connectivity index (χ1v) is 4.99. The van der Waals surface area contributed by atoms with Gasteiger partial charge in [0.05, 0.1) is 6.61 Å². The van der Waals surface area contributed by atoms with E-state index in [1.807, 2.05) is 30.3 Å². The van der Waals surface area contributed by atoms with Crippen molar-refractivity contribution in [2.75, 3.05) is 0 Å². The molecule has 82 valence electrons. The van der Waals surface area contributed by atoms with E-state index in [1.165, 1.54) is 4.68 Å². The molecular weight excluding hydrogens is 204 g/mol. The minimum atomic E-state index is 0.288. The quantitative estimate of drug-likeness (QED) is 0.717. The van der Waals surface area contributed by atoms with Gasteiger partial charge in [-0.3, -0.25) is 4.79 Å². The molecule has 2 aromatic rings. The van der Waals surface area contributed by atoms with Crippen molar-refractivity contribution in [3.63, 3.8) is 0 Å². The third kappa shape index (κ3) is 2.55. The summed E-state index contributed by atoms with van der Waals surface area (Å²) >= 11 is 0. The van der Waals surface area contributed by atoms with Crippen LogP contribution in [-0.4, -0.2) is 16.1 Å². The van der Waals surface area contributed by atoms with Crippen LogP contribution in [0.2, 0.25) is 0 Å². The lowest BCUT2D eigenvalue weighted by atomic mass is 10.2. The summed E-state index contributed by atoms with van der Waals surface area (Å²) in [6.45, 7) is 0.801. The maximum absolute atomic E-state index is 10.6. The minimum absolute atomic E-state index is 0.288. The zero-order chi connectivity index (χ0) is 11.2. The molecule has 0 radical (unpaired) electrons. The molecule has 1 aromatic heterocycles. The standard InChI is InChI=1S/C12H12N2O2/c15-8-12-6-7-13-14(12)10-16-9-11-4-2-1-3-5-11/h1-8H,9-10H2. The lowest BCUT2D eigenvalue weighted by Crippen LogP contribution is -2.07. The summed E-state index contributed by atoms with van der Waals surface area (Å²) in [7, 11) is 0. The van der Waals surface area contributed by atoms with E-state index >= 15 is 0 Å². The molecule has 0 aliphatic heterocycles. The molecule has 2 rings (SSSR count).